The van der Waals surface area contributed by atoms with E-state index in [4.69, 9.17) is 14.3 Å². The van der Waals surface area contributed by atoms with Crippen molar-refractivity contribution in [1.82, 2.24) is 16.1 Å². The second kappa shape index (κ2) is 12.9. The first-order valence-electron chi connectivity index (χ1n) is 10.7. The molecule has 1 aromatic carbocycles. The highest BCUT2D eigenvalue weighted by Gasteiger charge is 2.28. The number of ether oxygens (including phenoxy) is 2. The van der Waals surface area contributed by atoms with E-state index in [1.54, 1.807) is 48.6 Å². The molecule has 0 spiro atoms. The van der Waals surface area contributed by atoms with E-state index in [0.29, 0.717) is 32.0 Å². The molecule has 9 heteroatoms. The number of carbonyl (C=O) groups is 2. The van der Waals surface area contributed by atoms with Gasteiger partial charge >= 0.3 is 12.1 Å². The van der Waals surface area contributed by atoms with Gasteiger partial charge in [-0.05, 0) is 59.9 Å². The summed E-state index contributed by atoms with van der Waals surface area (Å²) in [5, 5.41) is 5.72. The fourth-order valence-corrected chi connectivity index (χ4v) is 2.51. The lowest BCUT2D eigenvalue weighted by Gasteiger charge is -2.26. The Morgan fingerprint density at radius 1 is 1.00 bits per heavy atom. The Morgan fingerprint density at radius 2 is 1.62 bits per heavy atom. The highest BCUT2D eigenvalue weighted by atomic mass is 16.6. The maximum absolute atomic E-state index is 12.6. The first-order chi connectivity index (χ1) is 14.9. The van der Waals surface area contributed by atoms with Crippen LogP contribution in [0.2, 0.25) is 0 Å². The first kappa shape index (κ1) is 27.2. The van der Waals surface area contributed by atoms with Gasteiger partial charge in [-0.15, -0.1) is 0 Å². The van der Waals surface area contributed by atoms with Gasteiger partial charge in [-0.1, -0.05) is 30.3 Å². The van der Waals surface area contributed by atoms with Crippen LogP contribution in [-0.2, 0) is 25.7 Å². The summed E-state index contributed by atoms with van der Waals surface area (Å²) in [5.74, 6) is -0.0353. The molecule has 0 heterocycles. The van der Waals surface area contributed by atoms with Gasteiger partial charge in [0, 0.05) is 13.6 Å². The minimum absolute atomic E-state index is 0.364. The third-order valence-corrected chi connectivity index (χ3v) is 3.82. The van der Waals surface area contributed by atoms with E-state index in [1.165, 1.54) is 0 Å². The Balaban J connectivity index is 2.50. The normalized spacial score (nSPS) is 13.2. The van der Waals surface area contributed by atoms with E-state index in [-0.39, 0.29) is 0 Å². The van der Waals surface area contributed by atoms with Gasteiger partial charge in [0.05, 0.1) is 6.61 Å². The molecular formula is C23H38N4O5. The zero-order valence-corrected chi connectivity index (χ0v) is 20.3. The number of rotatable bonds is 9. The van der Waals surface area contributed by atoms with Gasteiger partial charge in [0.15, 0.2) is 0 Å². The van der Waals surface area contributed by atoms with E-state index in [9.17, 15) is 9.59 Å². The highest BCUT2D eigenvalue weighted by molar-refractivity contribution is 5.81. The number of hydrogen-bond donors (Lipinski definition) is 3. The van der Waals surface area contributed by atoms with Gasteiger partial charge in [-0.25, -0.2) is 15.1 Å². The third-order valence-electron chi connectivity index (χ3n) is 3.82. The van der Waals surface area contributed by atoms with Crippen molar-refractivity contribution < 1.29 is 23.9 Å². The molecule has 1 rings (SSSR count). The second-order valence-electron chi connectivity index (χ2n) is 9.25. The van der Waals surface area contributed by atoms with Crippen LogP contribution in [0.3, 0.4) is 0 Å². The van der Waals surface area contributed by atoms with Crippen molar-refractivity contribution >= 4 is 18.0 Å². The smallest absolute Gasteiger partial charge is 0.408 e. The number of esters is 1. The molecule has 0 saturated heterocycles. The molecule has 9 nitrogen and oxygen atoms in total. The fraction of sp³-hybridized carbons (Fsp3) is 0.609. The van der Waals surface area contributed by atoms with E-state index in [0.717, 1.165) is 5.56 Å². The molecule has 1 atom stereocenters. The summed E-state index contributed by atoms with van der Waals surface area (Å²) < 4.78 is 10.7. The van der Waals surface area contributed by atoms with Gasteiger partial charge in [0.25, 0.3) is 0 Å². The quantitative estimate of drug-likeness (QED) is 0.174. The molecule has 0 bridgehead atoms. The van der Waals surface area contributed by atoms with Crippen LogP contribution in [0.15, 0.2) is 35.3 Å². The van der Waals surface area contributed by atoms with Gasteiger partial charge in [-0.2, -0.15) is 0 Å². The number of guanidine groups is 1. The molecule has 3 N–H and O–H groups in total. The summed E-state index contributed by atoms with van der Waals surface area (Å²) in [6, 6.07) is 8.93. The van der Waals surface area contributed by atoms with Crippen molar-refractivity contribution in [2.24, 2.45) is 4.99 Å². The number of nitrogens with one attached hydrogen (secondary N) is 3. The van der Waals surface area contributed by atoms with E-state index in [2.05, 4.69) is 21.1 Å². The highest BCUT2D eigenvalue weighted by Crippen LogP contribution is 2.12. The van der Waals surface area contributed by atoms with E-state index >= 15 is 0 Å². The number of nitrogens with zero attached hydrogens (tertiary/aromatic N) is 1. The minimum atomic E-state index is -0.824. The molecule has 0 aliphatic rings. The number of carbonyl (C=O) groups excluding carboxylic acids is 2. The lowest BCUT2D eigenvalue weighted by molar-refractivity contribution is -0.157. The zero-order valence-electron chi connectivity index (χ0n) is 20.3. The summed E-state index contributed by atoms with van der Waals surface area (Å²) >= 11 is 0. The number of hydrogen-bond acceptors (Lipinski definition) is 6. The SMILES string of the molecule is CN=C(NCCC[C@H](NC(=O)OC(C)(C)C)C(=O)OC(C)(C)C)NOCc1ccccc1. The minimum Gasteiger partial charge on any atom is -0.458 e. The zero-order chi connectivity index (χ0) is 24.2. The van der Waals surface area contributed by atoms with Crippen molar-refractivity contribution in [2.75, 3.05) is 13.6 Å². The molecule has 0 aliphatic heterocycles. The Kier molecular flexibility index (Phi) is 11.0. The van der Waals surface area contributed by atoms with Crippen LogP contribution in [0.4, 0.5) is 4.79 Å². The molecule has 0 unspecified atom stereocenters. The third kappa shape index (κ3) is 12.8. The van der Waals surface area contributed by atoms with E-state index < -0.39 is 29.3 Å². The summed E-state index contributed by atoms with van der Waals surface area (Å²) in [6.07, 6.45) is 0.273. The van der Waals surface area contributed by atoms with Crippen molar-refractivity contribution in [2.45, 2.75) is 78.2 Å². The van der Waals surface area contributed by atoms with Crippen molar-refractivity contribution in [3.63, 3.8) is 0 Å². The number of amides is 1. The number of hydroxylamine groups is 1. The van der Waals surface area contributed by atoms with Crippen LogP contribution in [0, 0.1) is 0 Å². The largest absolute Gasteiger partial charge is 0.458 e. The van der Waals surface area contributed by atoms with Crippen molar-refractivity contribution in [3.05, 3.63) is 35.9 Å². The fourth-order valence-electron chi connectivity index (χ4n) is 2.51. The van der Waals surface area contributed by atoms with Crippen LogP contribution >= 0.6 is 0 Å². The molecule has 0 aromatic heterocycles. The molecular weight excluding hydrogens is 412 g/mol. The topological polar surface area (TPSA) is 110 Å². The summed E-state index contributed by atoms with van der Waals surface area (Å²) in [4.78, 5) is 34.3. The predicted molar refractivity (Wildman–Crippen MR) is 124 cm³/mol. The van der Waals surface area contributed by atoms with Gasteiger partial charge < -0.3 is 20.1 Å². The van der Waals surface area contributed by atoms with Crippen LogP contribution in [0.1, 0.15) is 59.9 Å². The van der Waals surface area contributed by atoms with Crippen molar-refractivity contribution in [1.29, 1.82) is 0 Å². The number of benzene rings is 1. The number of alkyl carbamates (subject to hydrolysis) is 1. The summed E-state index contributed by atoms with van der Waals surface area (Å²) in [5.41, 5.74) is 2.48. The van der Waals surface area contributed by atoms with Crippen molar-refractivity contribution in [3.8, 4) is 0 Å². The Hall–Kier alpha value is -2.81. The monoisotopic (exact) mass is 450 g/mol. The lowest BCUT2D eigenvalue weighted by atomic mass is 10.1. The number of aliphatic imine (C=N–C) groups is 1. The van der Waals surface area contributed by atoms with Gasteiger partial charge in [0.2, 0.25) is 5.96 Å². The molecule has 1 aromatic rings. The summed E-state index contributed by atoms with van der Waals surface area (Å²) in [7, 11) is 1.63. The van der Waals surface area contributed by atoms with Crippen LogP contribution in [0.5, 0.6) is 0 Å². The standard InChI is InChI=1S/C23H38N4O5/c1-22(2,3)31-19(28)18(26-21(29)32-23(4,5)6)14-11-15-25-20(24-7)27-30-16-17-12-9-8-10-13-17/h8-10,12-13,18H,11,14-16H2,1-7H3,(H,26,29)(H2,24,25,27)/t18-/m0/s1. The molecule has 0 aliphatic carbocycles. The van der Waals surface area contributed by atoms with Gasteiger partial charge in [-0.3, -0.25) is 9.83 Å². The Bertz CT molecular complexity index is 739. The lowest BCUT2D eigenvalue weighted by Crippen LogP contribution is -2.46. The molecule has 0 fully saturated rings. The van der Waals surface area contributed by atoms with Crippen LogP contribution < -0.4 is 16.1 Å². The predicted octanol–water partition coefficient (Wildman–Crippen LogP) is 3.30. The maximum Gasteiger partial charge on any atom is 0.408 e. The molecule has 0 saturated carbocycles. The van der Waals surface area contributed by atoms with Crippen LogP contribution in [-0.4, -0.2) is 48.9 Å². The molecule has 1 amide bonds. The molecule has 32 heavy (non-hydrogen) atoms. The average Bonchev–Trinajstić information content (AvgIpc) is 2.66. The Labute approximate surface area is 191 Å². The van der Waals surface area contributed by atoms with E-state index in [1.807, 2.05) is 30.3 Å². The van der Waals surface area contributed by atoms with Crippen LogP contribution in [0.25, 0.3) is 0 Å². The summed E-state index contributed by atoms with van der Waals surface area (Å²) in [6.45, 7) is 11.5. The molecule has 0 radical (unpaired) electrons. The molecule has 180 valence electrons. The second-order valence-corrected chi connectivity index (χ2v) is 9.25. The average molecular weight is 451 g/mol. The van der Waals surface area contributed by atoms with Gasteiger partial charge in [0.1, 0.15) is 17.2 Å². The Morgan fingerprint density at radius 3 is 2.19 bits per heavy atom. The maximum atomic E-state index is 12.6. The first-order valence-corrected chi connectivity index (χ1v) is 10.7.